The van der Waals surface area contributed by atoms with Crippen molar-refractivity contribution in [2.24, 2.45) is 5.10 Å². The second-order valence-electron chi connectivity index (χ2n) is 6.76. The van der Waals surface area contributed by atoms with Crippen molar-refractivity contribution in [3.8, 4) is 11.5 Å². The SMILES string of the molecule is CCC(Oc1ccc(Cl)cc1Cl)C(=O)N/N=C/c1ccc(OC(=O)c2ccccc2F)cc1. The normalized spacial score (nSPS) is 11.8. The summed E-state index contributed by atoms with van der Waals surface area (Å²) >= 11 is 12.0. The molecule has 0 radical (unpaired) electrons. The molecule has 0 saturated carbocycles. The number of carbonyl (C=O) groups is 2. The molecule has 170 valence electrons. The van der Waals surface area contributed by atoms with Crippen LogP contribution in [0, 0.1) is 5.82 Å². The summed E-state index contributed by atoms with van der Waals surface area (Å²) in [7, 11) is 0. The van der Waals surface area contributed by atoms with Gasteiger partial charge in [-0.25, -0.2) is 14.6 Å². The number of benzene rings is 3. The van der Waals surface area contributed by atoms with Crippen molar-refractivity contribution in [2.45, 2.75) is 19.4 Å². The van der Waals surface area contributed by atoms with Gasteiger partial charge in [-0.05, 0) is 66.6 Å². The van der Waals surface area contributed by atoms with Gasteiger partial charge < -0.3 is 9.47 Å². The van der Waals surface area contributed by atoms with Crippen LogP contribution in [0.4, 0.5) is 4.39 Å². The highest BCUT2D eigenvalue weighted by atomic mass is 35.5. The van der Waals surface area contributed by atoms with E-state index in [0.29, 0.717) is 27.8 Å². The first-order valence-corrected chi connectivity index (χ1v) is 10.6. The molecule has 3 aromatic carbocycles. The van der Waals surface area contributed by atoms with Crippen LogP contribution in [0.15, 0.2) is 71.8 Å². The molecule has 0 heterocycles. The number of esters is 1. The van der Waals surface area contributed by atoms with Gasteiger partial charge in [0.1, 0.15) is 17.3 Å². The Labute approximate surface area is 199 Å². The van der Waals surface area contributed by atoms with Gasteiger partial charge in [-0.2, -0.15) is 5.10 Å². The van der Waals surface area contributed by atoms with Crippen LogP contribution in [0.25, 0.3) is 0 Å². The molecule has 0 aromatic heterocycles. The summed E-state index contributed by atoms with van der Waals surface area (Å²) in [5.41, 5.74) is 2.90. The molecule has 0 bridgehead atoms. The largest absolute Gasteiger partial charge is 0.479 e. The van der Waals surface area contributed by atoms with E-state index < -0.39 is 23.8 Å². The Morgan fingerprint density at radius 1 is 1.09 bits per heavy atom. The summed E-state index contributed by atoms with van der Waals surface area (Å²) in [5.74, 6) is -1.32. The topological polar surface area (TPSA) is 77.0 Å². The maximum Gasteiger partial charge on any atom is 0.346 e. The highest BCUT2D eigenvalue weighted by molar-refractivity contribution is 6.35. The predicted molar refractivity (Wildman–Crippen MR) is 125 cm³/mol. The first-order chi connectivity index (χ1) is 15.9. The number of amides is 1. The van der Waals surface area contributed by atoms with Gasteiger partial charge >= 0.3 is 5.97 Å². The van der Waals surface area contributed by atoms with Gasteiger partial charge in [-0.1, -0.05) is 42.3 Å². The van der Waals surface area contributed by atoms with E-state index in [9.17, 15) is 14.0 Å². The van der Waals surface area contributed by atoms with Crippen molar-refractivity contribution in [3.05, 3.63) is 93.7 Å². The van der Waals surface area contributed by atoms with Gasteiger partial charge in [0.25, 0.3) is 5.91 Å². The predicted octanol–water partition coefficient (Wildman–Crippen LogP) is 5.66. The average molecular weight is 489 g/mol. The molecular weight excluding hydrogens is 470 g/mol. The summed E-state index contributed by atoms with van der Waals surface area (Å²) in [6, 6.07) is 16.6. The Morgan fingerprint density at radius 2 is 1.82 bits per heavy atom. The van der Waals surface area contributed by atoms with Gasteiger partial charge in [0.15, 0.2) is 6.10 Å². The van der Waals surface area contributed by atoms with Gasteiger partial charge in [0.2, 0.25) is 0 Å². The summed E-state index contributed by atoms with van der Waals surface area (Å²) < 4.78 is 24.5. The van der Waals surface area contributed by atoms with Crippen molar-refractivity contribution >= 4 is 41.3 Å². The minimum Gasteiger partial charge on any atom is -0.479 e. The third-order valence-corrected chi connectivity index (χ3v) is 4.93. The molecule has 0 aliphatic rings. The highest BCUT2D eigenvalue weighted by Gasteiger charge is 2.19. The van der Waals surface area contributed by atoms with Crippen LogP contribution in [-0.4, -0.2) is 24.2 Å². The Kier molecular flexibility index (Phi) is 8.40. The second kappa shape index (κ2) is 11.4. The number of halogens is 3. The Morgan fingerprint density at radius 3 is 2.48 bits per heavy atom. The molecule has 1 N–H and O–H groups in total. The van der Waals surface area contributed by atoms with E-state index in [1.165, 1.54) is 42.6 Å². The fraction of sp³-hybridized carbons (Fsp3) is 0.125. The number of nitrogens with zero attached hydrogens (tertiary/aromatic N) is 1. The molecule has 0 spiro atoms. The van der Waals surface area contributed by atoms with E-state index in [1.54, 1.807) is 37.3 Å². The van der Waals surface area contributed by atoms with Crippen LogP contribution in [0.3, 0.4) is 0 Å². The van der Waals surface area contributed by atoms with Crippen LogP contribution >= 0.6 is 23.2 Å². The molecule has 3 aromatic rings. The van der Waals surface area contributed by atoms with Crippen LogP contribution < -0.4 is 14.9 Å². The number of rotatable bonds is 8. The summed E-state index contributed by atoms with van der Waals surface area (Å²) in [5, 5.41) is 4.68. The lowest BCUT2D eigenvalue weighted by Crippen LogP contribution is -2.35. The fourth-order valence-corrected chi connectivity index (χ4v) is 3.15. The molecule has 0 saturated heterocycles. The third kappa shape index (κ3) is 6.78. The van der Waals surface area contributed by atoms with Gasteiger partial charge in [-0.3, -0.25) is 4.79 Å². The first-order valence-electron chi connectivity index (χ1n) is 9.88. The Bertz CT molecular complexity index is 1170. The van der Waals surface area contributed by atoms with Gasteiger partial charge in [0, 0.05) is 5.02 Å². The van der Waals surface area contributed by atoms with Crippen LogP contribution in [0.2, 0.25) is 10.0 Å². The molecule has 33 heavy (non-hydrogen) atoms. The Hall–Kier alpha value is -3.42. The van der Waals surface area contributed by atoms with Crippen molar-refractivity contribution < 1.29 is 23.5 Å². The molecule has 1 unspecified atom stereocenters. The number of hydrazone groups is 1. The van der Waals surface area contributed by atoms with E-state index in [-0.39, 0.29) is 11.3 Å². The lowest BCUT2D eigenvalue weighted by atomic mass is 10.2. The molecule has 1 atom stereocenters. The maximum absolute atomic E-state index is 13.7. The minimum absolute atomic E-state index is 0.154. The molecule has 6 nitrogen and oxygen atoms in total. The minimum atomic E-state index is -0.805. The van der Waals surface area contributed by atoms with Crippen molar-refractivity contribution in [3.63, 3.8) is 0 Å². The van der Waals surface area contributed by atoms with E-state index in [4.69, 9.17) is 32.7 Å². The maximum atomic E-state index is 13.7. The molecule has 1 amide bonds. The first kappa shape index (κ1) is 24.2. The van der Waals surface area contributed by atoms with E-state index in [0.717, 1.165) is 0 Å². The molecule has 9 heteroatoms. The summed E-state index contributed by atoms with van der Waals surface area (Å²) in [4.78, 5) is 24.4. The fourth-order valence-electron chi connectivity index (χ4n) is 2.70. The second-order valence-corrected chi connectivity index (χ2v) is 7.61. The number of ether oxygens (including phenoxy) is 2. The van der Waals surface area contributed by atoms with E-state index >= 15 is 0 Å². The quantitative estimate of drug-likeness (QED) is 0.192. The zero-order chi connectivity index (χ0) is 23.8. The van der Waals surface area contributed by atoms with Crippen LogP contribution in [0.5, 0.6) is 11.5 Å². The number of carbonyl (C=O) groups excluding carboxylic acids is 2. The summed E-state index contributed by atoms with van der Waals surface area (Å²) in [6.45, 7) is 1.79. The summed E-state index contributed by atoms with van der Waals surface area (Å²) in [6.07, 6.45) is 1.01. The van der Waals surface area contributed by atoms with Crippen molar-refractivity contribution in [1.82, 2.24) is 5.43 Å². The Balaban J connectivity index is 1.55. The lowest BCUT2D eigenvalue weighted by Gasteiger charge is -2.16. The highest BCUT2D eigenvalue weighted by Crippen LogP contribution is 2.28. The van der Waals surface area contributed by atoms with E-state index in [1.807, 2.05) is 0 Å². The lowest BCUT2D eigenvalue weighted by molar-refractivity contribution is -0.128. The molecule has 3 rings (SSSR count). The van der Waals surface area contributed by atoms with Crippen molar-refractivity contribution in [1.29, 1.82) is 0 Å². The smallest absolute Gasteiger partial charge is 0.346 e. The van der Waals surface area contributed by atoms with Crippen LogP contribution in [0.1, 0.15) is 29.3 Å². The van der Waals surface area contributed by atoms with E-state index in [2.05, 4.69) is 10.5 Å². The third-order valence-electron chi connectivity index (χ3n) is 4.40. The molecule has 0 aliphatic carbocycles. The van der Waals surface area contributed by atoms with Crippen LogP contribution in [-0.2, 0) is 4.79 Å². The van der Waals surface area contributed by atoms with Gasteiger partial charge in [0.05, 0.1) is 16.8 Å². The molecule has 0 fully saturated rings. The number of hydrogen-bond donors (Lipinski definition) is 1. The zero-order valence-electron chi connectivity index (χ0n) is 17.4. The monoisotopic (exact) mass is 488 g/mol. The zero-order valence-corrected chi connectivity index (χ0v) is 18.9. The van der Waals surface area contributed by atoms with Gasteiger partial charge in [-0.15, -0.1) is 0 Å². The molecule has 0 aliphatic heterocycles. The number of nitrogens with one attached hydrogen (secondary N) is 1. The molecular formula is C24H19Cl2FN2O4. The van der Waals surface area contributed by atoms with Crippen molar-refractivity contribution in [2.75, 3.05) is 0 Å². The number of hydrogen-bond acceptors (Lipinski definition) is 5. The standard InChI is InChI=1S/C24H19Cl2FN2O4/c1-2-21(33-22-12-9-16(25)13-19(22)26)23(30)29-28-14-15-7-10-17(11-8-15)32-24(31)18-5-3-4-6-20(18)27/h3-14,21H,2H2,1H3,(H,29,30)/b28-14+. The average Bonchev–Trinajstić information content (AvgIpc) is 2.80.